The van der Waals surface area contributed by atoms with Crippen molar-refractivity contribution in [1.82, 2.24) is 9.97 Å². The first-order chi connectivity index (χ1) is 10.3. The van der Waals surface area contributed by atoms with Gasteiger partial charge in [-0.2, -0.15) is 0 Å². The number of aryl methyl sites for hydroxylation is 2. The number of rotatable bonds is 5. The van der Waals surface area contributed by atoms with E-state index in [1.54, 1.807) is 6.33 Å². The summed E-state index contributed by atoms with van der Waals surface area (Å²) < 4.78 is 0. The van der Waals surface area contributed by atoms with E-state index in [-0.39, 0.29) is 0 Å². The Morgan fingerprint density at radius 1 is 1.05 bits per heavy atom. The fraction of sp³-hybridized carbons (Fsp3) is 0.316. The predicted molar refractivity (Wildman–Crippen MR) is 88.6 cm³/mol. The smallest absolute Gasteiger partial charge is 0.0931 e. The predicted octanol–water partition coefficient (Wildman–Crippen LogP) is 4.86. The lowest BCUT2D eigenvalue weighted by Gasteiger charge is -2.16. The van der Waals surface area contributed by atoms with Crippen LogP contribution in [0.25, 0.3) is 11.0 Å². The molecule has 2 nitrogen and oxygen atoms in total. The van der Waals surface area contributed by atoms with Crippen LogP contribution < -0.4 is 0 Å². The monoisotopic (exact) mass is 278 g/mol. The molecule has 0 aliphatic heterocycles. The molecule has 1 N–H and O–H groups in total. The fourth-order valence-electron chi connectivity index (χ4n) is 2.97. The first-order valence-corrected chi connectivity index (χ1v) is 7.78. The highest BCUT2D eigenvalue weighted by atomic mass is 14.9. The zero-order chi connectivity index (χ0) is 14.7. The van der Waals surface area contributed by atoms with Crippen LogP contribution in [0.15, 0.2) is 48.8 Å². The minimum Gasteiger partial charge on any atom is -0.345 e. The lowest BCUT2D eigenvalue weighted by molar-refractivity contribution is 0.724. The van der Waals surface area contributed by atoms with Crippen molar-refractivity contribution in [1.29, 1.82) is 0 Å². The van der Waals surface area contributed by atoms with Crippen LogP contribution in [-0.2, 0) is 12.8 Å². The van der Waals surface area contributed by atoms with Crippen LogP contribution in [0.3, 0.4) is 0 Å². The van der Waals surface area contributed by atoms with Crippen molar-refractivity contribution in [3.8, 4) is 0 Å². The third-order valence-electron chi connectivity index (χ3n) is 4.35. The number of H-pyrrole nitrogens is 1. The maximum absolute atomic E-state index is 4.55. The number of nitrogens with zero attached hydrogens (tertiary/aromatic N) is 1. The number of imidazole rings is 1. The average molecular weight is 278 g/mol. The van der Waals surface area contributed by atoms with E-state index in [1.165, 1.54) is 16.7 Å². The zero-order valence-corrected chi connectivity index (χ0v) is 12.8. The summed E-state index contributed by atoms with van der Waals surface area (Å²) in [6, 6.07) is 15.1. The van der Waals surface area contributed by atoms with Crippen molar-refractivity contribution in [2.75, 3.05) is 0 Å². The maximum atomic E-state index is 4.55. The molecule has 0 saturated heterocycles. The zero-order valence-electron chi connectivity index (χ0n) is 12.8. The number of fused-ring (bicyclic) bond motifs is 1. The number of nitrogens with one attached hydrogen (secondary N) is 1. The number of aromatic amines is 1. The molecule has 0 amide bonds. The van der Waals surface area contributed by atoms with E-state index in [0.29, 0.717) is 5.92 Å². The molecule has 108 valence electrons. The lowest BCUT2D eigenvalue weighted by atomic mass is 9.89. The standard InChI is InChI=1S/C19H22N2/c1-3-14(2)18-16(10-9-15-7-5-4-6-8-15)11-12-17-19(18)21-13-20-17/h4-8,11-14H,3,9-10H2,1-2H3,(H,20,21). The minimum absolute atomic E-state index is 0.544. The van der Waals surface area contributed by atoms with Gasteiger partial charge >= 0.3 is 0 Å². The van der Waals surface area contributed by atoms with Crippen molar-refractivity contribution in [3.63, 3.8) is 0 Å². The van der Waals surface area contributed by atoms with Crippen molar-refractivity contribution < 1.29 is 0 Å². The molecule has 2 heteroatoms. The molecule has 3 rings (SSSR count). The van der Waals surface area contributed by atoms with Gasteiger partial charge < -0.3 is 4.98 Å². The van der Waals surface area contributed by atoms with Gasteiger partial charge in [0.2, 0.25) is 0 Å². The molecular weight excluding hydrogens is 256 g/mol. The summed E-state index contributed by atoms with van der Waals surface area (Å²) >= 11 is 0. The van der Waals surface area contributed by atoms with Gasteiger partial charge in [0.25, 0.3) is 0 Å². The van der Waals surface area contributed by atoms with Gasteiger partial charge in [-0.25, -0.2) is 4.98 Å². The molecule has 0 saturated carbocycles. The van der Waals surface area contributed by atoms with Gasteiger partial charge in [-0.1, -0.05) is 50.2 Å². The normalized spacial score (nSPS) is 12.7. The third-order valence-corrected chi connectivity index (χ3v) is 4.35. The minimum atomic E-state index is 0.544. The molecule has 0 aliphatic rings. The van der Waals surface area contributed by atoms with Gasteiger partial charge in [-0.15, -0.1) is 0 Å². The summed E-state index contributed by atoms with van der Waals surface area (Å²) in [6.45, 7) is 4.55. The van der Waals surface area contributed by atoms with E-state index in [1.807, 2.05) is 0 Å². The first kappa shape index (κ1) is 13.9. The van der Waals surface area contributed by atoms with Gasteiger partial charge in [-0.05, 0) is 47.9 Å². The Bertz CT molecular complexity index is 713. The van der Waals surface area contributed by atoms with Crippen LogP contribution in [0.5, 0.6) is 0 Å². The largest absolute Gasteiger partial charge is 0.345 e. The summed E-state index contributed by atoms with van der Waals surface area (Å²) in [7, 11) is 0. The molecule has 21 heavy (non-hydrogen) atoms. The molecule has 0 radical (unpaired) electrons. The fourth-order valence-corrected chi connectivity index (χ4v) is 2.97. The van der Waals surface area contributed by atoms with Crippen LogP contribution in [0.2, 0.25) is 0 Å². The van der Waals surface area contributed by atoms with Crippen LogP contribution in [0, 0.1) is 0 Å². The molecule has 1 heterocycles. The molecule has 0 spiro atoms. The SMILES string of the molecule is CCC(C)c1c(CCc2ccccc2)ccc2[nH]cnc12. The Hall–Kier alpha value is -2.09. The van der Waals surface area contributed by atoms with Crippen LogP contribution >= 0.6 is 0 Å². The highest BCUT2D eigenvalue weighted by Gasteiger charge is 2.14. The van der Waals surface area contributed by atoms with Crippen LogP contribution in [-0.4, -0.2) is 9.97 Å². The van der Waals surface area contributed by atoms with Crippen LogP contribution in [0.4, 0.5) is 0 Å². The quantitative estimate of drug-likeness (QED) is 0.709. The topological polar surface area (TPSA) is 28.7 Å². The van der Waals surface area contributed by atoms with E-state index >= 15 is 0 Å². The van der Waals surface area contributed by atoms with E-state index < -0.39 is 0 Å². The van der Waals surface area contributed by atoms with Crippen LogP contribution in [0.1, 0.15) is 42.9 Å². The van der Waals surface area contributed by atoms with Gasteiger partial charge in [0, 0.05) is 0 Å². The highest BCUT2D eigenvalue weighted by Crippen LogP contribution is 2.30. The van der Waals surface area contributed by atoms with Crippen molar-refractivity contribution >= 4 is 11.0 Å². The van der Waals surface area contributed by atoms with E-state index in [4.69, 9.17) is 0 Å². The second kappa shape index (κ2) is 6.13. The second-order valence-corrected chi connectivity index (χ2v) is 5.73. The summed E-state index contributed by atoms with van der Waals surface area (Å²) in [5.74, 6) is 0.544. The molecule has 3 aromatic rings. The number of hydrogen-bond acceptors (Lipinski definition) is 1. The Morgan fingerprint density at radius 2 is 1.86 bits per heavy atom. The summed E-state index contributed by atoms with van der Waals surface area (Å²) in [4.78, 5) is 7.78. The van der Waals surface area contributed by atoms with Crippen molar-refractivity contribution in [2.24, 2.45) is 0 Å². The molecule has 1 unspecified atom stereocenters. The Labute approximate surface area is 126 Å². The maximum Gasteiger partial charge on any atom is 0.0931 e. The first-order valence-electron chi connectivity index (χ1n) is 7.78. The molecular formula is C19H22N2. The average Bonchev–Trinajstić information content (AvgIpc) is 3.01. The molecule has 1 atom stereocenters. The third kappa shape index (κ3) is 2.85. The number of hydrogen-bond donors (Lipinski definition) is 1. The Balaban J connectivity index is 1.93. The van der Waals surface area contributed by atoms with Gasteiger partial charge in [0.1, 0.15) is 0 Å². The Kier molecular flexibility index (Phi) is 4.05. The van der Waals surface area contributed by atoms with Gasteiger partial charge in [0.05, 0.1) is 17.4 Å². The van der Waals surface area contributed by atoms with E-state index in [2.05, 4.69) is 66.3 Å². The van der Waals surface area contributed by atoms with Crippen molar-refractivity contribution in [3.05, 3.63) is 65.5 Å². The summed E-state index contributed by atoms with van der Waals surface area (Å²) in [6.07, 6.45) is 5.11. The highest BCUT2D eigenvalue weighted by molar-refractivity contribution is 5.80. The van der Waals surface area contributed by atoms with E-state index in [9.17, 15) is 0 Å². The summed E-state index contributed by atoms with van der Waals surface area (Å²) in [5, 5.41) is 0. The molecule has 0 fully saturated rings. The van der Waals surface area contributed by atoms with Gasteiger partial charge in [0.15, 0.2) is 0 Å². The van der Waals surface area contributed by atoms with Crippen molar-refractivity contribution in [2.45, 2.75) is 39.0 Å². The second-order valence-electron chi connectivity index (χ2n) is 5.73. The number of benzene rings is 2. The molecule has 1 aromatic heterocycles. The molecule has 2 aromatic carbocycles. The lowest BCUT2D eigenvalue weighted by Crippen LogP contribution is -2.02. The molecule has 0 bridgehead atoms. The van der Waals surface area contributed by atoms with E-state index in [0.717, 1.165) is 30.3 Å². The Morgan fingerprint density at radius 3 is 2.62 bits per heavy atom. The van der Waals surface area contributed by atoms with Gasteiger partial charge in [-0.3, -0.25) is 0 Å². The summed E-state index contributed by atoms with van der Waals surface area (Å²) in [5.41, 5.74) is 6.55. The number of aromatic nitrogens is 2. The molecule has 0 aliphatic carbocycles.